The van der Waals surface area contributed by atoms with E-state index in [1.807, 2.05) is 72.8 Å². The summed E-state index contributed by atoms with van der Waals surface area (Å²) >= 11 is 5.94. The molecule has 0 aromatic heterocycles. The van der Waals surface area contributed by atoms with Gasteiger partial charge < -0.3 is 15.3 Å². The second-order valence-electron chi connectivity index (χ2n) is 8.18. The number of anilines is 1. The van der Waals surface area contributed by atoms with Crippen LogP contribution in [0.1, 0.15) is 28.8 Å². The van der Waals surface area contributed by atoms with Crippen molar-refractivity contribution in [3.63, 3.8) is 0 Å². The first-order chi connectivity index (χ1) is 15.5. The molecule has 32 heavy (non-hydrogen) atoms. The average Bonchev–Trinajstić information content (AvgIpc) is 2.81. The number of likely N-dealkylation sites (tertiary alicyclic amines) is 1. The third kappa shape index (κ3) is 5.48. The molecule has 0 aliphatic carbocycles. The number of hydrogen-bond donors (Lipinski definition) is 2. The molecule has 2 amide bonds. The Kier molecular flexibility index (Phi) is 6.76. The molecule has 2 N–H and O–H groups in total. The van der Waals surface area contributed by atoms with Crippen LogP contribution in [0.25, 0.3) is 11.1 Å². The van der Waals surface area contributed by atoms with Gasteiger partial charge in [0, 0.05) is 29.4 Å². The number of piperidine rings is 1. The number of amides is 2. The summed E-state index contributed by atoms with van der Waals surface area (Å²) in [6.07, 6.45) is 1.94. The first kappa shape index (κ1) is 21.9. The van der Waals surface area contributed by atoms with Crippen LogP contribution >= 0.6 is 11.6 Å². The number of halogens is 1. The number of carbonyl (C=O) groups is 2. The van der Waals surface area contributed by atoms with Crippen LogP contribution in [0.3, 0.4) is 0 Å². The molecule has 164 valence electrons. The molecule has 1 atom stereocenters. The molecule has 0 spiro atoms. The van der Waals surface area contributed by atoms with Crippen LogP contribution in [0, 0.1) is 5.92 Å². The molecule has 1 aliphatic heterocycles. The van der Waals surface area contributed by atoms with Crippen LogP contribution in [0.4, 0.5) is 10.5 Å². The van der Waals surface area contributed by atoms with E-state index < -0.39 is 6.09 Å². The molecule has 0 saturated carbocycles. The molecule has 3 aromatic rings. The van der Waals surface area contributed by atoms with Gasteiger partial charge in [-0.15, -0.1) is 0 Å². The van der Waals surface area contributed by atoms with E-state index in [0.29, 0.717) is 29.6 Å². The summed E-state index contributed by atoms with van der Waals surface area (Å²) in [5, 5.41) is 12.8. The van der Waals surface area contributed by atoms with Gasteiger partial charge in [0.1, 0.15) is 0 Å². The fourth-order valence-electron chi connectivity index (χ4n) is 4.12. The quantitative estimate of drug-likeness (QED) is 0.488. The zero-order valence-electron chi connectivity index (χ0n) is 17.6. The molecule has 6 heteroatoms. The average molecular weight is 449 g/mol. The lowest BCUT2D eigenvalue weighted by Gasteiger charge is -2.30. The van der Waals surface area contributed by atoms with Crippen LogP contribution in [0.15, 0.2) is 72.8 Å². The van der Waals surface area contributed by atoms with Crippen LogP contribution < -0.4 is 5.32 Å². The summed E-state index contributed by atoms with van der Waals surface area (Å²) in [4.78, 5) is 25.3. The molecular weight excluding hydrogens is 424 g/mol. The molecule has 1 fully saturated rings. The normalized spacial score (nSPS) is 15.9. The molecule has 1 heterocycles. The van der Waals surface area contributed by atoms with Crippen LogP contribution in [-0.4, -0.2) is 35.1 Å². The SMILES string of the molecule is O=C(Nc1ccc(CC2CCCN(C(=O)O)C2)cc1)c1ccc(-c2ccc(Cl)cc2)cc1. The summed E-state index contributed by atoms with van der Waals surface area (Å²) in [5.74, 6) is 0.171. The number of rotatable bonds is 5. The van der Waals surface area contributed by atoms with Crippen molar-refractivity contribution in [3.8, 4) is 11.1 Å². The van der Waals surface area contributed by atoms with Crippen LogP contribution in [0.2, 0.25) is 5.02 Å². The Morgan fingerprint density at radius 2 is 1.56 bits per heavy atom. The largest absolute Gasteiger partial charge is 0.465 e. The highest BCUT2D eigenvalue weighted by Gasteiger charge is 2.23. The Morgan fingerprint density at radius 1 is 0.938 bits per heavy atom. The molecule has 1 aliphatic rings. The molecule has 3 aromatic carbocycles. The van der Waals surface area contributed by atoms with Gasteiger partial charge in [0.25, 0.3) is 5.91 Å². The molecule has 0 bridgehead atoms. The summed E-state index contributed by atoms with van der Waals surface area (Å²) in [5.41, 5.74) is 4.53. The van der Waals surface area contributed by atoms with Gasteiger partial charge >= 0.3 is 6.09 Å². The van der Waals surface area contributed by atoms with E-state index in [9.17, 15) is 14.7 Å². The molecule has 1 saturated heterocycles. The highest BCUT2D eigenvalue weighted by molar-refractivity contribution is 6.30. The number of carbonyl (C=O) groups excluding carboxylic acids is 1. The Morgan fingerprint density at radius 3 is 2.19 bits per heavy atom. The number of carboxylic acid groups (broad SMARTS) is 1. The first-order valence-electron chi connectivity index (χ1n) is 10.7. The van der Waals surface area contributed by atoms with Gasteiger partial charge in [-0.3, -0.25) is 4.79 Å². The van der Waals surface area contributed by atoms with E-state index in [0.717, 1.165) is 41.6 Å². The third-order valence-electron chi connectivity index (χ3n) is 5.85. The smallest absolute Gasteiger partial charge is 0.407 e. The molecule has 5 nitrogen and oxygen atoms in total. The maximum Gasteiger partial charge on any atom is 0.407 e. The van der Waals surface area contributed by atoms with Crippen molar-refractivity contribution in [1.82, 2.24) is 4.90 Å². The van der Waals surface area contributed by atoms with E-state index in [1.54, 1.807) is 0 Å². The van der Waals surface area contributed by atoms with Gasteiger partial charge in [-0.2, -0.15) is 0 Å². The van der Waals surface area contributed by atoms with Gasteiger partial charge in [-0.05, 0) is 78.3 Å². The molecule has 4 rings (SSSR count). The van der Waals surface area contributed by atoms with Gasteiger partial charge in [0.2, 0.25) is 0 Å². The summed E-state index contributed by atoms with van der Waals surface area (Å²) in [6, 6.07) is 22.8. The number of benzene rings is 3. The second kappa shape index (κ2) is 9.88. The van der Waals surface area contributed by atoms with E-state index in [-0.39, 0.29) is 5.91 Å². The lowest BCUT2D eigenvalue weighted by molar-refractivity contribution is 0.102. The molecule has 1 unspecified atom stereocenters. The van der Waals surface area contributed by atoms with Crippen LogP contribution in [0.5, 0.6) is 0 Å². The van der Waals surface area contributed by atoms with Crippen molar-refractivity contribution in [3.05, 3.63) is 88.9 Å². The number of nitrogens with zero attached hydrogens (tertiary/aromatic N) is 1. The summed E-state index contributed by atoms with van der Waals surface area (Å²) < 4.78 is 0. The predicted molar refractivity (Wildman–Crippen MR) is 127 cm³/mol. The molecule has 0 radical (unpaired) electrons. The zero-order chi connectivity index (χ0) is 22.5. The Labute approximate surface area is 192 Å². The fraction of sp³-hybridized carbons (Fsp3) is 0.231. The topological polar surface area (TPSA) is 69.6 Å². The van der Waals surface area contributed by atoms with Crippen molar-refractivity contribution in [2.75, 3.05) is 18.4 Å². The Bertz CT molecular complexity index is 1080. The minimum absolute atomic E-state index is 0.162. The lowest BCUT2D eigenvalue weighted by atomic mass is 9.91. The van der Waals surface area contributed by atoms with Crippen LogP contribution in [-0.2, 0) is 6.42 Å². The summed E-state index contributed by atoms with van der Waals surface area (Å²) in [7, 11) is 0. The predicted octanol–water partition coefficient (Wildman–Crippen LogP) is 6.19. The van der Waals surface area contributed by atoms with E-state index in [1.165, 1.54) is 4.90 Å². The van der Waals surface area contributed by atoms with Crippen molar-refractivity contribution in [1.29, 1.82) is 0 Å². The highest BCUT2D eigenvalue weighted by atomic mass is 35.5. The van der Waals surface area contributed by atoms with Gasteiger partial charge in [0.05, 0.1) is 0 Å². The Hall–Kier alpha value is -3.31. The maximum atomic E-state index is 12.6. The fourth-order valence-corrected chi connectivity index (χ4v) is 4.25. The summed E-state index contributed by atoms with van der Waals surface area (Å²) in [6.45, 7) is 1.21. The second-order valence-corrected chi connectivity index (χ2v) is 8.61. The van der Waals surface area contributed by atoms with E-state index in [2.05, 4.69) is 5.32 Å². The van der Waals surface area contributed by atoms with Crippen molar-refractivity contribution in [2.24, 2.45) is 5.92 Å². The standard InChI is InChI=1S/C26H25ClN2O3/c27-23-11-9-21(10-12-23)20-5-7-22(8-6-20)25(30)28-24-13-3-18(4-14-24)16-19-2-1-15-29(17-19)26(31)32/h3-14,19H,1-2,15-17H2,(H,28,30)(H,31,32). The highest BCUT2D eigenvalue weighted by Crippen LogP contribution is 2.24. The third-order valence-corrected chi connectivity index (χ3v) is 6.10. The van der Waals surface area contributed by atoms with Gasteiger partial charge in [-0.25, -0.2) is 4.79 Å². The molecular formula is C26H25ClN2O3. The maximum absolute atomic E-state index is 12.6. The van der Waals surface area contributed by atoms with Crippen molar-refractivity contribution >= 4 is 29.3 Å². The first-order valence-corrected chi connectivity index (χ1v) is 11.1. The zero-order valence-corrected chi connectivity index (χ0v) is 18.4. The monoisotopic (exact) mass is 448 g/mol. The van der Waals surface area contributed by atoms with E-state index >= 15 is 0 Å². The van der Waals surface area contributed by atoms with Gasteiger partial charge in [0.15, 0.2) is 0 Å². The van der Waals surface area contributed by atoms with Crippen molar-refractivity contribution in [2.45, 2.75) is 19.3 Å². The number of nitrogens with one attached hydrogen (secondary N) is 1. The van der Waals surface area contributed by atoms with E-state index in [4.69, 9.17) is 11.6 Å². The minimum atomic E-state index is -0.839. The van der Waals surface area contributed by atoms with Crippen molar-refractivity contribution < 1.29 is 14.7 Å². The number of hydrogen-bond acceptors (Lipinski definition) is 2. The Balaban J connectivity index is 1.34. The minimum Gasteiger partial charge on any atom is -0.465 e. The lowest BCUT2D eigenvalue weighted by Crippen LogP contribution is -2.39. The van der Waals surface area contributed by atoms with Gasteiger partial charge in [-0.1, -0.05) is 48.0 Å².